The Kier molecular flexibility index (Phi) is 3.88. The molecule has 0 atom stereocenters. The second-order valence-corrected chi connectivity index (χ2v) is 4.43. The SMILES string of the molecule is Cc1ccc(Oc2ccc(C(F)(F)F)c(C(=O)O)c2)cc1. The van der Waals surface area contributed by atoms with Crippen LogP contribution in [0.1, 0.15) is 21.5 Å². The van der Waals surface area contributed by atoms with Gasteiger partial charge in [0.15, 0.2) is 0 Å². The van der Waals surface area contributed by atoms with Gasteiger partial charge in [0, 0.05) is 0 Å². The Bertz CT molecular complexity index is 661. The Morgan fingerprint density at radius 2 is 1.62 bits per heavy atom. The number of aryl methyl sites for hydroxylation is 1. The quantitative estimate of drug-likeness (QED) is 0.906. The molecule has 0 saturated heterocycles. The number of aromatic carboxylic acids is 1. The maximum Gasteiger partial charge on any atom is 0.417 e. The molecule has 110 valence electrons. The van der Waals surface area contributed by atoms with Crippen LogP contribution in [0.3, 0.4) is 0 Å². The van der Waals surface area contributed by atoms with Crippen molar-refractivity contribution in [3.05, 3.63) is 59.2 Å². The number of alkyl halides is 3. The van der Waals surface area contributed by atoms with Crippen LogP contribution in [-0.4, -0.2) is 11.1 Å². The number of rotatable bonds is 3. The highest BCUT2D eigenvalue weighted by Gasteiger charge is 2.35. The van der Waals surface area contributed by atoms with Crippen molar-refractivity contribution in [3.63, 3.8) is 0 Å². The Morgan fingerprint density at radius 1 is 1.05 bits per heavy atom. The summed E-state index contributed by atoms with van der Waals surface area (Å²) in [5.41, 5.74) is -1.04. The van der Waals surface area contributed by atoms with Gasteiger partial charge in [-0.2, -0.15) is 13.2 Å². The lowest BCUT2D eigenvalue weighted by atomic mass is 10.1. The van der Waals surface area contributed by atoms with Crippen LogP contribution in [0.15, 0.2) is 42.5 Å². The van der Waals surface area contributed by atoms with Gasteiger partial charge in [-0.05, 0) is 37.3 Å². The van der Waals surface area contributed by atoms with E-state index in [0.29, 0.717) is 11.8 Å². The van der Waals surface area contributed by atoms with Crippen LogP contribution in [-0.2, 0) is 6.18 Å². The van der Waals surface area contributed by atoms with Gasteiger partial charge >= 0.3 is 12.1 Å². The van der Waals surface area contributed by atoms with E-state index in [4.69, 9.17) is 9.84 Å². The summed E-state index contributed by atoms with van der Waals surface area (Å²) in [6.07, 6.45) is -4.73. The van der Waals surface area contributed by atoms with Gasteiger partial charge in [-0.25, -0.2) is 4.79 Å². The maximum absolute atomic E-state index is 12.7. The van der Waals surface area contributed by atoms with Crippen LogP contribution in [0.4, 0.5) is 13.2 Å². The van der Waals surface area contributed by atoms with Crippen molar-refractivity contribution in [2.45, 2.75) is 13.1 Å². The van der Waals surface area contributed by atoms with Crippen LogP contribution in [0.5, 0.6) is 11.5 Å². The maximum atomic E-state index is 12.7. The molecule has 0 bridgehead atoms. The average molecular weight is 296 g/mol. The van der Waals surface area contributed by atoms with E-state index in [1.807, 2.05) is 6.92 Å². The highest BCUT2D eigenvalue weighted by atomic mass is 19.4. The lowest BCUT2D eigenvalue weighted by molar-refractivity contribution is -0.138. The minimum absolute atomic E-state index is 0.0317. The molecule has 0 fully saturated rings. The Balaban J connectivity index is 2.36. The fraction of sp³-hybridized carbons (Fsp3) is 0.133. The number of benzene rings is 2. The first-order valence-electron chi connectivity index (χ1n) is 5.96. The van der Waals surface area contributed by atoms with Gasteiger partial charge in [-0.3, -0.25) is 0 Å². The zero-order valence-corrected chi connectivity index (χ0v) is 10.9. The molecule has 3 nitrogen and oxygen atoms in total. The van der Waals surface area contributed by atoms with Gasteiger partial charge in [-0.1, -0.05) is 17.7 Å². The molecule has 0 saturated carbocycles. The van der Waals surface area contributed by atoms with Crippen LogP contribution >= 0.6 is 0 Å². The molecule has 1 N–H and O–H groups in total. The van der Waals surface area contributed by atoms with E-state index in [1.165, 1.54) is 0 Å². The molecule has 2 aromatic rings. The number of carbonyl (C=O) groups is 1. The first-order valence-corrected chi connectivity index (χ1v) is 5.96. The summed E-state index contributed by atoms with van der Waals surface area (Å²) >= 11 is 0. The largest absolute Gasteiger partial charge is 0.478 e. The minimum Gasteiger partial charge on any atom is -0.478 e. The monoisotopic (exact) mass is 296 g/mol. The summed E-state index contributed by atoms with van der Waals surface area (Å²) in [7, 11) is 0. The number of halogens is 3. The van der Waals surface area contributed by atoms with Crippen molar-refractivity contribution in [2.24, 2.45) is 0 Å². The smallest absolute Gasteiger partial charge is 0.417 e. The topological polar surface area (TPSA) is 46.5 Å². The van der Waals surface area contributed by atoms with Gasteiger partial charge < -0.3 is 9.84 Å². The van der Waals surface area contributed by atoms with Crippen LogP contribution in [0.2, 0.25) is 0 Å². The van der Waals surface area contributed by atoms with E-state index < -0.39 is 23.3 Å². The predicted molar refractivity (Wildman–Crippen MR) is 69.7 cm³/mol. The first-order chi connectivity index (χ1) is 9.77. The zero-order chi connectivity index (χ0) is 15.6. The van der Waals surface area contributed by atoms with Crippen LogP contribution < -0.4 is 4.74 Å². The van der Waals surface area contributed by atoms with E-state index in [0.717, 1.165) is 17.7 Å². The molecule has 0 radical (unpaired) electrons. The van der Waals surface area contributed by atoms with Crippen LogP contribution in [0.25, 0.3) is 0 Å². The molecule has 0 aliphatic heterocycles. The minimum atomic E-state index is -4.73. The summed E-state index contributed by atoms with van der Waals surface area (Å²) in [5.74, 6) is -1.21. The summed E-state index contributed by atoms with van der Waals surface area (Å²) in [6, 6.07) is 9.50. The van der Waals surface area contributed by atoms with Gasteiger partial charge in [-0.15, -0.1) is 0 Å². The summed E-state index contributed by atoms with van der Waals surface area (Å²) < 4.78 is 43.5. The molecule has 0 aliphatic carbocycles. The van der Waals surface area contributed by atoms with Crippen molar-refractivity contribution in [1.29, 1.82) is 0 Å². The van der Waals surface area contributed by atoms with Crippen molar-refractivity contribution in [2.75, 3.05) is 0 Å². The molecule has 0 aromatic heterocycles. The van der Waals surface area contributed by atoms with Gasteiger partial charge in [0.05, 0.1) is 11.1 Å². The fourth-order valence-electron chi connectivity index (χ4n) is 1.75. The van der Waals surface area contributed by atoms with Crippen molar-refractivity contribution >= 4 is 5.97 Å². The van der Waals surface area contributed by atoms with Crippen molar-refractivity contribution < 1.29 is 27.8 Å². The number of hydrogen-bond donors (Lipinski definition) is 1. The molecule has 6 heteroatoms. The third-order valence-electron chi connectivity index (χ3n) is 2.78. The Hall–Kier alpha value is -2.50. The van der Waals surface area contributed by atoms with Gasteiger partial charge in [0.1, 0.15) is 11.5 Å². The number of ether oxygens (including phenoxy) is 1. The van der Waals surface area contributed by atoms with E-state index >= 15 is 0 Å². The predicted octanol–water partition coefficient (Wildman–Crippen LogP) is 4.50. The van der Waals surface area contributed by atoms with Gasteiger partial charge in [0.2, 0.25) is 0 Å². The third-order valence-corrected chi connectivity index (χ3v) is 2.78. The van der Waals surface area contributed by atoms with E-state index in [9.17, 15) is 18.0 Å². The molecular formula is C15H11F3O3. The lowest BCUT2D eigenvalue weighted by Gasteiger charge is -2.12. The highest BCUT2D eigenvalue weighted by Crippen LogP contribution is 2.34. The Labute approximate surface area is 118 Å². The van der Waals surface area contributed by atoms with Crippen molar-refractivity contribution in [1.82, 2.24) is 0 Å². The summed E-state index contributed by atoms with van der Waals surface area (Å²) in [4.78, 5) is 11.0. The van der Waals surface area contributed by atoms with E-state index in [-0.39, 0.29) is 5.75 Å². The van der Waals surface area contributed by atoms with E-state index in [1.54, 1.807) is 24.3 Å². The molecule has 0 aliphatic rings. The average Bonchev–Trinajstić information content (AvgIpc) is 2.40. The number of carboxylic acids is 1. The summed E-state index contributed by atoms with van der Waals surface area (Å²) in [6.45, 7) is 1.88. The zero-order valence-electron chi connectivity index (χ0n) is 10.9. The normalized spacial score (nSPS) is 11.2. The standard InChI is InChI=1S/C15H11F3O3/c1-9-2-4-10(5-3-9)21-11-6-7-13(15(16,17)18)12(8-11)14(19)20/h2-8H,1H3,(H,19,20). The second kappa shape index (κ2) is 5.47. The number of hydrogen-bond acceptors (Lipinski definition) is 2. The van der Waals surface area contributed by atoms with Crippen molar-refractivity contribution in [3.8, 4) is 11.5 Å². The molecule has 2 rings (SSSR count). The second-order valence-electron chi connectivity index (χ2n) is 4.43. The lowest BCUT2D eigenvalue weighted by Crippen LogP contribution is -2.12. The first kappa shape index (κ1) is 14.9. The Morgan fingerprint density at radius 3 is 2.14 bits per heavy atom. The molecule has 21 heavy (non-hydrogen) atoms. The van der Waals surface area contributed by atoms with E-state index in [2.05, 4.69) is 0 Å². The molecule has 2 aromatic carbocycles. The molecule has 0 heterocycles. The highest BCUT2D eigenvalue weighted by molar-refractivity contribution is 5.90. The fourth-order valence-corrected chi connectivity index (χ4v) is 1.75. The summed E-state index contributed by atoms with van der Waals surface area (Å²) in [5, 5.41) is 8.90. The molecular weight excluding hydrogens is 285 g/mol. The third kappa shape index (κ3) is 3.53. The molecule has 0 amide bonds. The molecule has 0 unspecified atom stereocenters. The molecule has 0 spiro atoms. The number of carboxylic acid groups (broad SMARTS) is 1. The van der Waals surface area contributed by atoms with Gasteiger partial charge in [0.25, 0.3) is 0 Å². The van der Waals surface area contributed by atoms with Crippen LogP contribution in [0, 0.1) is 6.92 Å².